The average molecular weight is 458 g/mol. The minimum atomic E-state index is -0.690. The molecule has 0 radical (unpaired) electrons. The molecule has 0 aliphatic heterocycles. The monoisotopic (exact) mass is 457 g/mol. The van der Waals surface area contributed by atoms with Crippen LogP contribution in [0.4, 0.5) is 5.69 Å². The van der Waals surface area contributed by atoms with Gasteiger partial charge in [0.25, 0.3) is 5.91 Å². The van der Waals surface area contributed by atoms with Crippen LogP contribution in [0.1, 0.15) is 75.5 Å². The minimum absolute atomic E-state index is 0.0270. The highest BCUT2D eigenvalue weighted by Crippen LogP contribution is 2.25. The molecular formula is C30H35NO3. The van der Waals surface area contributed by atoms with Gasteiger partial charge in [-0.25, -0.2) is 0 Å². The van der Waals surface area contributed by atoms with Crippen molar-refractivity contribution in [3.05, 3.63) is 95.1 Å². The molecule has 1 N–H and O–H groups in total. The number of amides is 1. The van der Waals surface area contributed by atoms with Gasteiger partial charge >= 0.3 is 0 Å². The van der Waals surface area contributed by atoms with Crippen molar-refractivity contribution < 1.29 is 14.3 Å². The molecule has 178 valence electrons. The van der Waals surface area contributed by atoms with Crippen molar-refractivity contribution in [3.63, 3.8) is 0 Å². The third-order valence-corrected chi connectivity index (χ3v) is 5.81. The topological polar surface area (TPSA) is 55.4 Å². The number of ketones is 1. The summed E-state index contributed by atoms with van der Waals surface area (Å²) in [5.74, 6) is 0.275. The number of carbonyl (C=O) groups is 2. The molecule has 0 saturated heterocycles. The highest BCUT2D eigenvalue weighted by Gasteiger charge is 2.18. The summed E-state index contributed by atoms with van der Waals surface area (Å²) in [6, 6.07) is 22.5. The average Bonchev–Trinajstić information content (AvgIpc) is 2.78. The number of ether oxygens (including phenoxy) is 1. The molecule has 3 rings (SSSR count). The SMILES string of the molecule is CC(Oc1ccc(C(C)(C)C)cc1)C(=O)Nc1cccc(C(=O)c2ccc(C(C)(C)C)cc2)c1. The molecule has 0 heterocycles. The summed E-state index contributed by atoms with van der Waals surface area (Å²) in [6.07, 6.45) is -0.690. The number of anilines is 1. The van der Waals surface area contributed by atoms with Gasteiger partial charge in [0.15, 0.2) is 11.9 Å². The largest absolute Gasteiger partial charge is 0.481 e. The molecule has 3 aromatic carbocycles. The van der Waals surface area contributed by atoms with E-state index in [0.29, 0.717) is 22.6 Å². The fourth-order valence-electron chi connectivity index (χ4n) is 3.56. The van der Waals surface area contributed by atoms with E-state index in [1.165, 1.54) is 11.1 Å². The Morgan fingerprint density at radius 3 is 1.79 bits per heavy atom. The van der Waals surface area contributed by atoms with E-state index in [0.717, 1.165) is 0 Å². The first kappa shape index (κ1) is 25.2. The first-order valence-electron chi connectivity index (χ1n) is 11.7. The van der Waals surface area contributed by atoms with Gasteiger partial charge in [0.2, 0.25) is 0 Å². The first-order chi connectivity index (χ1) is 15.8. The van der Waals surface area contributed by atoms with Crippen LogP contribution in [0.25, 0.3) is 0 Å². The lowest BCUT2D eigenvalue weighted by Gasteiger charge is -2.20. The molecule has 0 bridgehead atoms. The number of hydrogen-bond acceptors (Lipinski definition) is 3. The Hall–Kier alpha value is -3.40. The Bertz CT molecular complexity index is 1150. The minimum Gasteiger partial charge on any atom is -0.481 e. The number of rotatable bonds is 6. The second kappa shape index (κ2) is 9.84. The van der Waals surface area contributed by atoms with Crippen LogP contribution < -0.4 is 10.1 Å². The Morgan fingerprint density at radius 2 is 1.26 bits per heavy atom. The maximum atomic E-state index is 13.0. The quantitative estimate of drug-likeness (QED) is 0.409. The van der Waals surface area contributed by atoms with E-state index >= 15 is 0 Å². The van der Waals surface area contributed by atoms with E-state index in [1.807, 2.05) is 48.5 Å². The van der Waals surface area contributed by atoms with Gasteiger partial charge < -0.3 is 10.1 Å². The third kappa shape index (κ3) is 6.34. The lowest BCUT2D eigenvalue weighted by atomic mass is 9.86. The predicted octanol–water partition coefficient (Wildman–Crippen LogP) is 6.92. The van der Waals surface area contributed by atoms with Crippen LogP contribution in [-0.4, -0.2) is 17.8 Å². The summed E-state index contributed by atoms with van der Waals surface area (Å²) in [5.41, 5.74) is 4.15. The second-order valence-electron chi connectivity index (χ2n) is 10.8. The van der Waals surface area contributed by atoms with Gasteiger partial charge in [-0.3, -0.25) is 9.59 Å². The van der Waals surface area contributed by atoms with Crippen LogP contribution in [0, 0.1) is 0 Å². The van der Waals surface area contributed by atoms with E-state index in [4.69, 9.17) is 4.74 Å². The van der Waals surface area contributed by atoms with Crippen molar-refractivity contribution in [2.75, 3.05) is 5.32 Å². The summed E-state index contributed by atoms with van der Waals surface area (Å²) in [6.45, 7) is 14.6. The Morgan fingerprint density at radius 1 is 0.735 bits per heavy atom. The fraction of sp³-hybridized carbons (Fsp3) is 0.333. The predicted molar refractivity (Wildman–Crippen MR) is 139 cm³/mol. The summed E-state index contributed by atoms with van der Waals surface area (Å²) in [7, 11) is 0. The zero-order valence-corrected chi connectivity index (χ0v) is 21.2. The summed E-state index contributed by atoms with van der Waals surface area (Å²) in [5, 5.41) is 2.86. The molecule has 1 unspecified atom stereocenters. The molecule has 4 heteroatoms. The number of nitrogens with one attached hydrogen (secondary N) is 1. The summed E-state index contributed by atoms with van der Waals surface area (Å²) < 4.78 is 5.82. The summed E-state index contributed by atoms with van der Waals surface area (Å²) >= 11 is 0. The molecule has 0 spiro atoms. The van der Waals surface area contributed by atoms with Gasteiger partial charge in [0.1, 0.15) is 5.75 Å². The number of benzene rings is 3. The lowest BCUT2D eigenvalue weighted by molar-refractivity contribution is -0.122. The smallest absolute Gasteiger partial charge is 0.265 e. The van der Waals surface area contributed by atoms with E-state index in [9.17, 15) is 9.59 Å². The van der Waals surface area contributed by atoms with E-state index in [1.54, 1.807) is 31.2 Å². The normalized spacial score (nSPS) is 12.7. The molecule has 0 fully saturated rings. The first-order valence-corrected chi connectivity index (χ1v) is 11.7. The zero-order valence-electron chi connectivity index (χ0n) is 21.2. The van der Waals surface area contributed by atoms with Crippen LogP contribution >= 0.6 is 0 Å². The Balaban J connectivity index is 1.66. The van der Waals surface area contributed by atoms with Crippen LogP contribution in [-0.2, 0) is 15.6 Å². The van der Waals surface area contributed by atoms with Gasteiger partial charge in [0, 0.05) is 16.8 Å². The van der Waals surface area contributed by atoms with E-state index in [2.05, 4.69) is 46.9 Å². The third-order valence-electron chi connectivity index (χ3n) is 5.81. The van der Waals surface area contributed by atoms with Crippen molar-refractivity contribution in [2.45, 2.75) is 65.4 Å². The van der Waals surface area contributed by atoms with Crippen molar-refractivity contribution in [3.8, 4) is 5.75 Å². The van der Waals surface area contributed by atoms with E-state index < -0.39 is 6.10 Å². The van der Waals surface area contributed by atoms with Crippen molar-refractivity contribution in [1.82, 2.24) is 0 Å². The van der Waals surface area contributed by atoms with Gasteiger partial charge in [-0.15, -0.1) is 0 Å². The van der Waals surface area contributed by atoms with Crippen LogP contribution in [0.2, 0.25) is 0 Å². The second-order valence-corrected chi connectivity index (χ2v) is 10.8. The molecule has 0 aliphatic carbocycles. The number of carbonyl (C=O) groups excluding carboxylic acids is 2. The van der Waals surface area contributed by atoms with Crippen molar-refractivity contribution >= 4 is 17.4 Å². The molecule has 1 atom stereocenters. The van der Waals surface area contributed by atoms with Crippen LogP contribution in [0.5, 0.6) is 5.75 Å². The van der Waals surface area contributed by atoms with Gasteiger partial charge in [-0.1, -0.05) is 90.1 Å². The molecule has 0 aliphatic rings. The molecule has 1 amide bonds. The molecule has 0 saturated carbocycles. The molecular weight excluding hydrogens is 422 g/mol. The highest BCUT2D eigenvalue weighted by atomic mass is 16.5. The van der Waals surface area contributed by atoms with E-state index in [-0.39, 0.29) is 22.5 Å². The number of hydrogen-bond donors (Lipinski definition) is 1. The lowest BCUT2D eigenvalue weighted by Crippen LogP contribution is -2.30. The Kier molecular flexibility index (Phi) is 7.30. The maximum absolute atomic E-state index is 13.0. The van der Waals surface area contributed by atoms with Gasteiger partial charge in [0.05, 0.1) is 0 Å². The van der Waals surface area contributed by atoms with Gasteiger partial charge in [-0.2, -0.15) is 0 Å². The maximum Gasteiger partial charge on any atom is 0.265 e. The molecule has 4 nitrogen and oxygen atoms in total. The Labute approximate surface area is 203 Å². The van der Waals surface area contributed by atoms with Gasteiger partial charge in [-0.05, 0) is 53.1 Å². The highest BCUT2D eigenvalue weighted by molar-refractivity contribution is 6.09. The zero-order chi connectivity index (χ0) is 25.1. The standard InChI is InChI=1S/C30H35NO3/c1-20(34-26-17-15-24(16-18-26)30(5,6)7)28(33)31-25-10-8-9-22(19-25)27(32)21-11-13-23(14-12-21)29(2,3)4/h8-20H,1-7H3,(H,31,33). The summed E-state index contributed by atoms with van der Waals surface area (Å²) in [4.78, 5) is 25.7. The molecule has 3 aromatic rings. The van der Waals surface area contributed by atoms with Crippen molar-refractivity contribution in [1.29, 1.82) is 0 Å². The van der Waals surface area contributed by atoms with Crippen LogP contribution in [0.15, 0.2) is 72.8 Å². The fourth-order valence-corrected chi connectivity index (χ4v) is 3.56. The molecule has 34 heavy (non-hydrogen) atoms. The van der Waals surface area contributed by atoms with Crippen LogP contribution in [0.3, 0.4) is 0 Å². The van der Waals surface area contributed by atoms with Crippen molar-refractivity contribution in [2.24, 2.45) is 0 Å². The molecule has 0 aromatic heterocycles.